The number of hydrogen-bond acceptors (Lipinski definition) is 4. The van der Waals surface area contributed by atoms with E-state index in [0.717, 1.165) is 29.2 Å². The molecule has 0 N–H and O–H groups in total. The summed E-state index contributed by atoms with van der Waals surface area (Å²) in [6.07, 6.45) is 0.843. The summed E-state index contributed by atoms with van der Waals surface area (Å²) in [6, 6.07) is 16.7. The minimum absolute atomic E-state index is 0.0448. The maximum Gasteiger partial charge on any atom is 0.190 e. The Morgan fingerprint density at radius 1 is 1.20 bits per heavy atom. The zero-order valence-electron chi connectivity index (χ0n) is 15.0. The lowest BCUT2D eigenvalue weighted by Crippen LogP contribution is -2.43. The van der Waals surface area contributed by atoms with E-state index in [1.807, 2.05) is 25.1 Å². The summed E-state index contributed by atoms with van der Waals surface area (Å²) in [6.45, 7) is 7.02. The second-order valence-corrected chi connectivity index (χ2v) is 6.90. The molecule has 2 aromatic rings. The standard InChI is InChI=1S/C21H24N2O2/c1-4-24-16-10-11-20-17(12-16)19-13-18(15-8-6-5-7-9-15)22-23(19)21(25-20)14(2)3/h5-12,14,19,21H,4,13H2,1-3H3. The first kappa shape index (κ1) is 16.0. The molecule has 2 aliphatic heterocycles. The van der Waals surface area contributed by atoms with Gasteiger partial charge >= 0.3 is 0 Å². The Labute approximate surface area is 149 Å². The van der Waals surface area contributed by atoms with Gasteiger partial charge in [0.15, 0.2) is 6.23 Å². The fraction of sp³-hybridized carbons (Fsp3) is 0.381. The monoisotopic (exact) mass is 336 g/mol. The van der Waals surface area contributed by atoms with Gasteiger partial charge in [-0.05, 0) is 30.7 Å². The van der Waals surface area contributed by atoms with Gasteiger partial charge < -0.3 is 9.47 Å². The third-order valence-corrected chi connectivity index (χ3v) is 4.78. The molecule has 4 heteroatoms. The first-order chi connectivity index (χ1) is 12.2. The highest BCUT2D eigenvalue weighted by atomic mass is 16.5. The van der Waals surface area contributed by atoms with E-state index < -0.39 is 0 Å². The molecule has 0 aromatic heterocycles. The zero-order valence-corrected chi connectivity index (χ0v) is 15.0. The molecule has 25 heavy (non-hydrogen) atoms. The summed E-state index contributed by atoms with van der Waals surface area (Å²) in [4.78, 5) is 0. The van der Waals surface area contributed by atoms with Gasteiger partial charge in [0.1, 0.15) is 11.5 Å². The summed E-state index contributed by atoms with van der Waals surface area (Å²) in [5, 5.41) is 7.09. The van der Waals surface area contributed by atoms with Crippen molar-refractivity contribution < 1.29 is 9.47 Å². The molecule has 0 bridgehead atoms. The third-order valence-electron chi connectivity index (χ3n) is 4.78. The van der Waals surface area contributed by atoms with Crippen LogP contribution >= 0.6 is 0 Å². The molecule has 2 aromatic carbocycles. The minimum atomic E-state index is -0.0448. The quantitative estimate of drug-likeness (QED) is 0.817. The Balaban J connectivity index is 1.73. The lowest BCUT2D eigenvalue weighted by molar-refractivity contribution is -0.0462. The molecule has 0 amide bonds. The highest BCUT2D eigenvalue weighted by molar-refractivity contribution is 6.01. The number of nitrogens with zero attached hydrogens (tertiary/aromatic N) is 2. The van der Waals surface area contributed by atoms with Crippen LogP contribution in [0.5, 0.6) is 11.5 Å². The van der Waals surface area contributed by atoms with Crippen molar-refractivity contribution >= 4 is 5.71 Å². The Morgan fingerprint density at radius 2 is 2.00 bits per heavy atom. The Hall–Kier alpha value is -2.49. The highest BCUT2D eigenvalue weighted by Crippen LogP contribution is 2.45. The predicted molar refractivity (Wildman–Crippen MR) is 99.0 cm³/mol. The van der Waals surface area contributed by atoms with Crippen molar-refractivity contribution in [1.82, 2.24) is 5.01 Å². The number of hydrogen-bond donors (Lipinski definition) is 0. The molecule has 2 unspecified atom stereocenters. The van der Waals surface area contributed by atoms with Crippen molar-refractivity contribution in [2.45, 2.75) is 39.5 Å². The normalized spacial score (nSPS) is 21.4. The SMILES string of the molecule is CCOc1ccc2c(c1)C1CC(c3ccccc3)=NN1C(C(C)C)O2. The number of benzene rings is 2. The Kier molecular flexibility index (Phi) is 4.12. The first-order valence-corrected chi connectivity index (χ1v) is 9.02. The van der Waals surface area contributed by atoms with E-state index in [-0.39, 0.29) is 12.3 Å². The van der Waals surface area contributed by atoms with Crippen LogP contribution in [0.4, 0.5) is 0 Å². The molecule has 0 saturated heterocycles. The van der Waals surface area contributed by atoms with Crippen LogP contribution in [-0.4, -0.2) is 23.6 Å². The van der Waals surface area contributed by atoms with Gasteiger partial charge in [-0.3, -0.25) is 0 Å². The molecule has 0 aliphatic carbocycles. The molecule has 4 rings (SSSR count). The fourth-order valence-electron chi connectivity index (χ4n) is 3.60. The van der Waals surface area contributed by atoms with E-state index >= 15 is 0 Å². The van der Waals surface area contributed by atoms with Crippen molar-refractivity contribution in [3.05, 3.63) is 59.7 Å². The molecular formula is C21H24N2O2. The molecule has 130 valence electrons. The van der Waals surface area contributed by atoms with Crippen molar-refractivity contribution in [2.75, 3.05) is 6.61 Å². The van der Waals surface area contributed by atoms with Crippen LogP contribution in [0.25, 0.3) is 0 Å². The second-order valence-electron chi connectivity index (χ2n) is 6.90. The number of ether oxygens (including phenoxy) is 2. The smallest absolute Gasteiger partial charge is 0.190 e. The second kappa shape index (κ2) is 6.43. The molecule has 2 atom stereocenters. The van der Waals surface area contributed by atoms with Gasteiger partial charge in [-0.15, -0.1) is 0 Å². The average Bonchev–Trinajstić information content (AvgIpc) is 3.07. The Morgan fingerprint density at radius 3 is 2.72 bits per heavy atom. The van der Waals surface area contributed by atoms with Crippen LogP contribution in [0.2, 0.25) is 0 Å². The number of fused-ring (bicyclic) bond motifs is 3. The number of hydrazone groups is 1. The van der Waals surface area contributed by atoms with Gasteiger partial charge in [-0.25, -0.2) is 5.01 Å². The molecule has 2 heterocycles. The van der Waals surface area contributed by atoms with E-state index in [0.29, 0.717) is 12.5 Å². The summed E-state index contributed by atoms with van der Waals surface area (Å²) < 4.78 is 12.0. The van der Waals surface area contributed by atoms with Crippen molar-refractivity contribution in [2.24, 2.45) is 11.0 Å². The van der Waals surface area contributed by atoms with Gasteiger partial charge in [0.05, 0.1) is 18.4 Å². The van der Waals surface area contributed by atoms with Crippen molar-refractivity contribution in [1.29, 1.82) is 0 Å². The largest absolute Gasteiger partial charge is 0.494 e. The fourth-order valence-corrected chi connectivity index (χ4v) is 3.60. The molecule has 0 radical (unpaired) electrons. The third kappa shape index (κ3) is 2.86. The Bertz CT molecular complexity index is 786. The van der Waals surface area contributed by atoms with Crippen molar-refractivity contribution in [3.63, 3.8) is 0 Å². The van der Waals surface area contributed by atoms with Gasteiger partial charge in [-0.1, -0.05) is 44.2 Å². The van der Waals surface area contributed by atoms with Gasteiger partial charge in [0, 0.05) is 17.9 Å². The van der Waals surface area contributed by atoms with Gasteiger partial charge in [-0.2, -0.15) is 5.10 Å². The predicted octanol–water partition coefficient (Wildman–Crippen LogP) is 4.61. The molecular weight excluding hydrogens is 312 g/mol. The maximum atomic E-state index is 6.29. The summed E-state index contributed by atoms with van der Waals surface area (Å²) in [5.41, 5.74) is 3.47. The summed E-state index contributed by atoms with van der Waals surface area (Å²) >= 11 is 0. The van der Waals surface area contributed by atoms with Crippen LogP contribution in [0.3, 0.4) is 0 Å². The summed E-state index contributed by atoms with van der Waals surface area (Å²) in [5.74, 6) is 2.19. The van der Waals surface area contributed by atoms with E-state index in [1.165, 1.54) is 5.56 Å². The van der Waals surface area contributed by atoms with Crippen LogP contribution < -0.4 is 9.47 Å². The van der Waals surface area contributed by atoms with Crippen LogP contribution in [-0.2, 0) is 0 Å². The zero-order chi connectivity index (χ0) is 17.4. The van der Waals surface area contributed by atoms with E-state index in [9.17, 15) is 0 Å². The topological polar surface area (TPSA) is 34.1 Å². The van der Waals surface area contributed by atoms with Crippen molar-refractivity contribution in [3.8, 4) is 11.5 Å². The first-order valence-electron chi connectivity index (χ1n) is 9.02. The van der Waals surface area contributed by atoms with E-state index in [1.54, 1.807) is 0 Å². The van der Waals surface area contributed by atoms with E-state index in [4.69, 9.17) is 14.6 Å². The molecule has 0 saturated carbocycles. The molecule has 4 nitrogen and oxygen atoms in total. The van der Waals surface area contributed by atoms with Gasteiger partial charge in [0.25, 0.3) is 0 Å². The van der Waals surface area contributed by atoms with E-state index in [2.05, 4.69) is 49.2 Å². The molecule has 0 fully saturated rings. The lowest BCUT2D eigenvalue weighted by atomic mass is 9.95. The highest BCUT2D eigenvalue weighted by Gasteiger charge is 2.41. The molecule has 2 aliphatic rings. The van der Waals surface area contributed by atoms with Gasteiger partial charge in [0.2, 0.25) is 0 Å². The lowest BCUT2D eigenvalue weighted by Gasteiger charge is -2.40. The summed E-state index contributed by atoms with van der Waals surface area (Å²) in [7, 11) is 0. The van der Waals surface area contributed by atoms with Crippen LogP contribution in [0.1, 0.15) is 44.4 Å². The number of rotatable bonds is 4. The maximum absolute atomic E-state index is 6.29. The van der Waals surface area contributed by atoms with Crippen LogP contribution in [0.15, 0.2) is 53.6 Å². The minimum Gasteiger partial charge on any atom is -0.494 e. The van der Waals surface area contributed by atoms with Crippen LogP contribution in [0, 0.1) is 5.92 Å². The molecule has 0 spiro atoms. The average molecular weight is 336 g/mol.